The van der Waals surface area contributed by atoms with Crippen molar-refractivity contribution in [1.29, 1.82) is 0 Å². The Labute approximate surface area is 69.8 Å². The molecule has 0 aromatic rings. The van der Waals surface area contributed by atoms with Crippen LogP contribution in [-0.2, 0) is 0 Å². The van der Waals surface area contributed by atoms with E-state index in [0.29, 0.717) is 0 Å². The van der Waals surface area contributed by atoms with Crippen molar-refractivity contribution in [3.05, 3.63) is 0 Å². The third kappa shape index (κ3) is 2.68. The van der Waals surface area contributed by atoms with Crippen molar-refractivity contribution in [2.75, 3.05) is 20.1 Å². The summed E-state index contributed by atoms with van der Waals surface area (Å²) < 4.78 is 0. The summed E-state index contributed by atoms with van der Waals surface area (Å²) in [6, 6.07) is 0. The number of rotatable bonds is 2. The molecule has 1 rings (SSSR count). The molecule has 0 N–H and O–H groups in total. The first kappa shape index (κ1) is 8.69. The normalized spacial score (nSPS) is 21.6. The van der Waals surface area contributed by atoms with Gasteiger partial charge in [-0.2, -0.15) is 0 Å². The van der Waals surface area contributed by atoms with Crippen LogP contribution < -0.4 is 0 Å². The first-order valence-corrected chi connectivity index (χ1v) is 9.65. The summed E-state index contributed by atoms with van der Waals surface area (Å²) in [5, 5.41) is 0. The maximum absolute atomic E-state index is 2.48. The Morgan fingerprint density at radius 3 is 2.40 bits per heavy atom. The van der Waals surface area contributed by atoms with E-state index in [1.54, 1.807) is 14.9 Å². The van der Waals surface area contributed by atoms with Gasteiger partial charge in [0.2, 0.25) is 0 Å². The summed E-state index contributed by atoms with van der Waals surface area (Å²) in [5.41, 5.74) is 0. The second-order valence-electron chi connectivity index (χ2n) is 3.54. The fraction of sp³-hybridized carbons (Fsp3) is 1.00. The van der Waals surface area contributed by atoms with Gasteiger partial charge in [-0.25, -0.2) is 0 Å². The van der Waals surface area contributed by atoms with Crippen molar-refractivity contribution in [2.24, 2.45) is 0 Å². The van der Waals surface area contributed by atoms with Gasteiger partial charge in [0.15, 0.2) is 0 Å². The molecule has 1 aliphatic heterocycles. The zero-order valence-electron chi connectivity index (χ0n) is 7.27. The van der Waals surface area contributed by atoms with Gasteiger partial charge in [0.1, 0.15) is 0 Å². The molecule has 10 heavy (non-hydrogen) atoms. The predicted molar refractivity (Wildman–Crippen MR) is 48.0 cm³/mol. The summed E-state index contributed by atoms with van der Waals surface area (Å²) in [4.78, 5) is 7.37. The number of nitrogens with zero attached hydrogens (tertiary/aromatic N) is 1. The number of hydrogen-bond donors (Lipinski definition) is 0. The molecule has 1 aliphatic rings. The average Bonchev–Trinajstić information content (AvgIpc) is 1.95. The minimum atomic E-state index is -0.643. The maximum atomic E-state index is 2.48. The molecule has 1 fully saturated rings. The molecule has 0 amide bonds. The molecule has 0 spiro atoms. The van der Waals surface area contributed by atoms with Crippen molar-refractivity contribution in [3.63, 3.8) is 0 Å². The van der Waals surface area contributed by atoms with Gasteiger partial charge in [-0.05, 0) is 0 Å². The fourth-order valence-electron chi connectivity index (χ4n) is 1.76. The quantitative estimate of drug-likeness (QED) is 0.611. The van der Waals surface area contributed by atoms with Crippen LogP contribution in [-0.4, -0.2) is 41.3 Å². The van der Waals surface area contributed by atoms with Gasteiger partial charge in [0.25, 0.3) is 0 Å². The molecule has 58 valence electrons. The zero-order chi connectivity index (χ0) is 7.40. The summed E-state index contributed by atoms with van der Waals surface area (Å²) in [5.74, 6) is 0. The standard InChI is InChI=1S/C5H11N.C3H7.Ga/c1-4-6(3)5-2;1-3-2;/h1-2,4-5H2,3H3;1,3H2,2H3;. The van der Waals surface area contributed by atoms with Crippen LogP contribution in [0.2, 0.25) is 14.9 Å². The van der Waals surface area contributed by atoms with Gasteiger partial charge in [-0.1, -0.05) is 0 Å². The third-order valence-corrected chi connectivity index (χ3v) is 9.97. The van der Waals surface area contributed by atoms with Crippen molar-refractivity contribution in [3.8, 4) is 0 Å². The molecule has 2 heteroatoms. The molecule has 0 atom stereocenters. The van der Waals surface area contributed by atoms with Crippen LogP contribution in [0.3, 0.4) is 0 Å². The van der Waals surface area contributed by atoms with Crippen LogP contribution >= 0.6 is 0 Å². The van der Waals surface area contributed by atoms with Gasteiger partial charge in [0, 0.05) is 0 Å². The van der Waals surface area contributed by atoms with Gasteiger partial charge >= 0.3 is 69.5 Å². The average molecular weight is 198 g/mol. The minimum absolute atomic E-state index is 0.643. The second kappa shape index (κ2) is 4.47. The van der Waals surface area contributed by atoms with Crippen molar-refractivity contribution < 1.29 is 0 Å². The molecule has 0 saturated carbocycles. The molecule has 1 saturated heterocycles. The molecule has 1 nitrogen and oxygen atoms in total. The summed E-state index contributed by atoms with van der Waals surface area (Å²) in [6.07, 6.45) is 1.45. The van der Waals surface area contributed by atoms with E-state index in [0.717, 1.165) is 0 Å². The first-order valence-electron chi connectivity index (χ1n) is 4.51. The fourth-order valence-corrected chi connectivity index (χ4v) is 8.67. The van der Waals surface area contributed by atoms with Crippen LogP contribution in [0.25, 0.3) is 0 Å². The van der Waals surface area contributed by atoms with Crippen molar-refractivity contribution in [2.45, 2.75) is 28.3 Å². The van der Waals surface area contributed by atoms with E-state index in [4.69, 9.17) is 0 Å². The number of hydrogen-bond acceptors (Lipinski definition) is 1. The van der Waals surface area contributed by atoms with E-state index in [2.05, 4.69) is 18.9 Å². The molecule has 0 aromatic carbocycles. The SMILES string of the molecule is CC[CH2][Ga]1[CH2]CN(C)C[CH2]1. The van der Waals surface area contributed by atoms with Gasteiger partial charge in [-0.3, -0.25) is 0 Å². The first-order chi connectivity index (χ1) is 4.83. The van der Waals surface area contributed by atoms with E-state index in [1.165, 1.54) is 19.5 Å². The van der Waals surface area contributed by atoms with Crippen LogP contribution in [0.1, 0.15) is 13.3 Å². The van der Waals surface area contributed by atoms with E-state index >= 15 is 0 Å². The molecular weight excluding hydrogens is 180 g/mol. The Morgan fingerprint density at radius 2 is 1.90 bits per heavy atom. The topological polar surface area (TPSA) is 3.24 Å². The van der Waals surface area contributed by atoms with Gasteiger partial charge in [-0.15, -0.1) is 0 Å². The predicted octanol–water partition coefficient (Wildman–Crippen LogP) is 1.84. The molecule has 0 bridgehead atoms. The van der Waals surface area contributed by atoms with Crippen molar-refractivity contribution in [1.82, 2.24) is 4.90 Å². The molecule has 1 heterocycles. The molecular formula is C8H18GaN. The van der Waals surface area contributed by atoms with Crippen LogP contribution in [0.4, 0.5) is 0 Å². The molecule has 0 unspecified atom stereocenters. The Balaban J connectivity index is 2.13. The van der Waals surface area contributed by atoms with Crippen LogP contribution in [0, 0.1) is 0 Å². The molecule has 0 aliphatic carbocycles. The van der Waals surface area contributed by atoms with Gasteiger partial charge < -0.3 is 0 Å². The molecule has 0 aromatic heterocycles. The van der Waals surface area contributed by atoms with E-state index in [9.17, 15) is 0 Å². The van der Waals surface area contributed by atoms with Crippen molar-refractivity contribution >= 4 is 16.2 Å². The Morgan fingerprint density at radius 1 is 1.30 bits per heavy atom. The zero-order valence-corrected chi connectivity index (χ0v) is 9.69. The van der Waals surface area contributed by atoms with E-state index < -0.39 is 16.2 Å². The van der Waals surface area contributed by atoms with E-state index in [1.807, 2.05) is 0 Å². The summed E-state index contributed by atoms with van der Waals surface area (Å²) >= 11 is -0.643. The van der Waals surface area contributed by atoms with Gasteiger partial charge in [0.05, 0.1) is 0 Å². The van der Waals surface area contributed by atoms with E-state index in [-0.39, 0.29) is 0 Å². The Bertz CT molecular complexity index is 87.3. The van der Waals surface area contributed by atoms with Crippen LogP contribution in [0.15, 0.2) is 0 Å². The Kier molecular flexibility index (Phi) is 3.88. The molecule has 0 radical (unpaired) electrons. The monoisotopic (exact) mass is 197 g/mol. The summed E-state index contributed by atoms with van der Waals surface area (Å²) in [7, 11) is 2.25. The third-order valence-electron chi connectivity index (χ3n) is 2.54. The Hall–Kier alpha value is 0.596. The van der Waals surface area contributed by atoms with Crippen LogP contribution in [0.5, 0.6) is 0 Å². The summed E-state index contributed by atoms with van der Waals surface area (Å²) in [6.45, 7) is 5.15. The second-order valence-corrected chi connectivity index (χ2v) is 10.8.